The van der Waals surface area contributed by atoms with Crippen molar-refractivity contribution in [3.63, 3.8) is 0 Å². The van der Waals surface area contributed by atoms with Gasteiger partial charge < -0.3 is 4.74 Å². The van der Waals surface area contributed by atoms with Gasteiger partial charge in [-0.05, 0) is 35.0 Å². The van der Waals surface area contributed by atoms with Crippen molar-refractivity contribution in [1.29, 1.82) is 0 Å². The van der Waals surface area contributed by atoms with Gasteiger partial charge in [-0.15, -0.1) is 0 Å². The number of rotatable bonds is 4. The third-order valence-corrected chi connectivity index (χ3v) is 2.44. The summed E-state index contributed by atoms with van der Waals surface area (Å²) in [6, 6.07) is 2.64. The van der Waals surface area contributed by atoms with Gasteiger partial charge in [-0.25, -0.2) is 13.8 Å². The fraction of sp³-hybridized carbons (Fsp3) is 0.400. The van der Waals surface area contributed by atoms with Gasteiger partial charge in [0.25, 0.3) is 6.43 Å². The van der Waals surface area contributed by atoms with E-state index in [-0.39, 0.29) is 23.2 Å². The number of carbonyl (C=O) groups is 1. The van der Waals surface area contributed by atoms with Crippen LogP contribution in [-0.2, 0) is 16.0 Å². The van der Waals surface area contributed by atoms with Crippen molar-refractivity contribution in [3.05, 3.63) is 28.0 Å². The third kappa shape index (κ3) is 3.52. The van der Waals surface area contributed by atoms with Crippen LogP contribution in [0.5, 0.6) is 0 Å². The quantitative estimate of drug-likeness (QED) is 0.633. The highest BCUT2D eigenvalue weighted by atomic mass is 79.9. The van der Waals surface area contributed by atoms with Crippen molar-refractivity contribution in [1.82, 2.24) is 4.98 Å². The average Bonchev–Trinajstić information content (AvgIpc) is 2.17. The number of pyridine rings is 1. The molecule has 1 aromatic rings. The molecule has 0 bridgehead atoms. The van der Waals surface area contributed by atoms with Gasteiger partial charge in [-0.3, -0.25) is 4.79 Å². The van der Waals surface area contributed by atoms with E-state index < -0.39 is 12.4 Å². The third-order valence-electron chi connectivity index (χ3n) is 1.80. The van der Waals surface area contributed by atoms with Crippen LogP contribution in [0.25, 0.3) is 0 Å². The molecule has 0 spiro atoms. The summed E-state index contributed by atoms with van der Waals surface area (Å²) in [4.78, 5) is 15.0. The van der Waals surface area contributed by atoms with E-state index in [0.29, 0.717) is 5.69 Å². The molecule has 1 rings (SSSR count). The summed E-state index contributed by atoms with van der Waals surface area (Å²) in [5.41, 5.74) is 0.210. The monoisotopic (exact) mass is 293 g/mol. The normalized spacial score (nSPS) is 10.6. The fourth-order valence-electron chi connectivity index (χ4n) is 1.10. The first-order valence-electron chi connectivity index (χ1n) is 4.63. The molecule has 6 heteroatoms. The minimum absolute atomic E-state index is 0.0179. The Balaban J connectivity index is 2.77. The molecular formula is C10H10BrF2NO2. The average molecular weight is 294 g/mol. The zero-order valence-electron chi connectivity index (χ0n) is 8.54. The van der Waals surface area contributed by atoms with Crippen molar-refractivity contribution >= 4 is 21.9 Å². The lowest BCUT2D eigenvalue weighted by atomic mass is 10.2. The van der Waals surface area contributed by atoms with Crippen LogP contribution in [0.3, 0.4) is 0 Å². The van der Waals surface area contributed by atoms with Crippen molar-refractivity contribution in [2.45, 2.75) is 19.8 Å². The first-order valence-corrected chi connectivity index (χ1v) is 5.43. The fourth-order valence-corrected chi connectivity index (χ4v) is 1.64. The van der Waals surface area contributed by atoms with E-state index in [2.05, 4.69) is 20.9 Å². The van der Waals surface area contributed by atoms with Crippen LogP contribution in [0.4, 0.5) is 8.78 Å². The molecule has 0 aliphatic rings. The molecule has 0 saturated heterocycles. The Bertz CT molecular complexity index is 385. The first kappa shape index (κ1) is 13.0. The molecule has 1 heterocycles. The molecule has 3 nitrogen and oxygen atoms in total. The summed E-state index contributed by atoms with van der Waals surface area (Å²) < 4.78 is 29.5. The number of halogens is 3. The van der Waals surface area contributed by atoms with Gasteiger partial charge in [-0.2, -0.15) is 0 Å². The van der Waals surface area contributed by atoms with Gasteiger partial charge in [0, 0.05) is 0 Å². The molecule has 0 aliphatic carbocycles. The van der Waals surface area contributed by atoms with Crippen LogP contribution in [0, 0.1) is 0 Å². The molecule has 88 valence electrons. The predicted molar refractivity (Wildman–Crippen MR) is 57.2 cm³/mol. The van der Waals surface area contributed by atoms with E-state index in [1.807, 2.05) is 0 Å². The molecule has 0 unspecified atom stereocenters. The van der Waals surface area contributed by atoms with Crippen molar-refractivity contribution in [2.24, 2.45) is 0 Å². The van der Waals surface area contributed by atoms with Gasteiger partial charge in [0.05, 0.1) is 24.3 Å². The zero-order chi connectivity index (χ0) is 12.1. The summed E-state index contributed by atoms with van der Waals surface area (Å²) in [7, 11) is 0. The Morgan fingerprint density at radius 1 is 1.56 bits per heavy atom. The van der Waals surface area contributed by atoms with Crippen LogP contribution < -0.4 is 0 Å². The molecule has 0 N–H and O–H groups in total. The SMILES string of the molecule is CCOC(=O)Cc1ccc(C(F)F)c(Br)n1. The van der Waals surface area contributed by atoms with Gasteiger partial charge in [0.2, 0.25) is 0 Å². The molecule has 0 aliphatic heterocycles. The summed E-state index contributed by atoms with van der Waals surface area (Å²) in [6.07, 6.45) is -2.60. The molecule has 0 radical (unpaired) electrons. The molecular weight excluding hydrogens is 284 g/mol. The van der Waals surface area contributed by atoms with E-state index in [1.165, 1.54) is 12.1 Å². The Kier molecular flexibility index (Phi) is 4.79. The first-order chi connectivity index (χ1) is 7.54. The van der Waals surface area contributed by atoms with Crippen molar-refractivity contribution in [2.75, 3.05) is 6.61 Å². The maximum absolute atomic E-state index is 12.4. The summed E-state index contributed by atoms with van der Waals surface area (Å²) >= 11 is 2.93. The topological polar surface area (TPSA) is 39.2 Å². The highest BCUT2D eigenvalue weighted by molar-refractivity contribution is 9.10. The smallest absolute Gasteiger partial charge is 0.311 e. The van der Waals surface area contributed by atoms with Crippen LogP contribution >= 0.6 is 15.9 Å². The molecule has 1 aromatic heterocycles. The summed E-state index contributed by atoms with van der Waals surface area (Å²) in [6.45, 7) is 1.98. The van der Waals surface area contributed by atoms with Crippen LogP contribution in [0.2, 0.25) is 0 Å². The minimum Gasteiger partial charge on any atom is -0.466 e. The number of ether oxygens (including phenoxy) is 1. The second-order valence-corrected chi connectivity index (χ2v) is 3.72. The lowest BCUT2D eigenvalue weighted by Crippen LogP contribution is -2.09. The highest BCUT2D eigenvalue weighted by Gasteiger charge is 2.14. The largest absolute Gasteiger partial charge is 0.466 e. The minimum atomic E-state index is -2.58. The number of hydrogen-bond donors (Lipinski definition) is 0. The van der Waals surface area contributed by atoms with Crippen molar-refractivity contribution in [3.8, 4) is 0 Å². The molecule has 0 atom stereocenters. The standard InChI is InChI=1S/C10H10BrF2NO2/c1-2-16-8(15)5-6-3-4-7(10(12)13)9(11)14-6/h3-4,10H,2,5H2,1H3. The highest BCUT2D eigenvalue weighted by Crippen LogP contribution is 2.25. The van der Waals surface area contributed by atoms with Gasteiger partial charge in [0.15, 0.2) is 0 Å². The number of esters is 1. The maximum atomic E-state index is 12.4. The van der Waals surface area contributed by atoms with E-state index in [4.69, 9.17) is 4.74 Å². The van der Waals surface area contributed by atoms with Gasteiger partial charge in [0.1, 0.15) is 4.60 Å². The molecule has 0 aromatic carbocycles. The second kappa shape index (κ2) is 5.89. The van der Waals surface area contributed by atoms with Crippen LogP contribution in [0.15, 0.2) is 16.7 Å². The number of nitrogens with zero attached hydrogens (tertiary/aromatic N) is 1. The Morgan fingerprint density at radius 3 is 2.75 bits per heavy atom. The Morgan fingerprint density at radius 2 is 2.25 bits per heavy atom. The van der Waals surface area contributed by atoms with Crippen LogP contribution in [-0.4, -0.2) is 17.6 Å². The summed E-state index contributed by atoms with van der Waals surface area (Å²) in [5.74, 6) is -0.424. The Hall–Kier alpha value is -1.04. The van der Waals surface area contributed by atoms with Gasteiger partial charge >= 0.3 is 5.97 Å². The van der Waals surface area contributed by atoms with E-state index in [0.717, 1.165) is 0 Å². The lowest BCUT2D eigenvalue weighted by molar-refractivity contribution is -0.142. The zero-order valence-corrected chi connectivity index (χ0v) is 10.1. The van der Waals surface area contributed by atoms with E-state index in [1.54, 1.807) is 6.92 Å². The molecule has 16 heavy (non-hydrogen) atoms. The summed E-state index contributed by atoms with van der Waals surface area (Å²) in [5, 5.41) is 0. The molecule has 0 amide bonds. The molecule has 0 fully saturated rings. The lowest BCUT2D eigenvalue weighted by Gasteiger charge is -2.05. The number of aromatic nitrogens is 1. The Labute approximate surface area is 99.9 Å². The van der Waals surface area contributed by atoms with Gasteiger partial charge in [-0.1, -0.05) is 0 Å². The number of alkyl halides is 2. The van der Waals surface area contributed by atoms with Crippen molar-refractivity contribution < 1.29 is 18.3 Å². The number of carbonyl (C=O) groups excluding carboxylic acids is 1. The maximum Gasteiger partial charge on any atom is 0.311 e. The van der Waals surface area contributed by atoms with Crippen LogP contribution in [0.1, 0.15) is 24.6 Å². The second-order valence-electron chi connectivity index (χ2n) is 2.97. The van der Waals surface area contributed by atoms with E-state index in [9.17, 15) is 13.6 Å². The molecule has 0 saturated carbocycles. The van der Waals surface area contributed by atoms with E-state index >= 15 is 0 Å². The number of hydrogen-bond acceptors (Lipinski definition) is 3. The predicted octanol–water partition coefficient (Wildman–Crippen LogP) is 2.89.